The molecule has 0 amide bonds. The Morgan fingerprint density at radius 3 is 2.50 bits per heavy atom. The second-order valence-electron chi connectivity index (χ2n) is 5.17. The van der Waals surface area contributed by atoms with Gasteiger partial charge in [0.05, 0.1) is 5.92 Å². The first-order valence-corrected chi connectivity index (χ1v) is 5.80. The molecule has 1 aromatic carbocycles. The zero-order valence-electron chi connectivity index (χ0n) is 10.0. The van der Waals surface area contributed by atoms with Gasteiger partial charge in [0, 0.05) is 5.92 Å². The molecule has 1 saturated carbocycles. The molecule has 2 rings (SSSR count). The van der Waals surface area contributed by atoms with Crippen LogP contribution in [-0.4, -0.2) is 11.1 Å². The van der Waals surface area contributed by atoms with Crippen LogP contribution < -0.4 is 0 Å². The van der Waals surface area contributed by atoms with E-state index >= 15 is 0 Å². The topological polar surface area (TPSA) is 37.3 Å². The quantitative estimate of drug-likeness (QED) is 0.846. The van der Waals surface area contributed by atoms with Crippen molar-refractivity contribution < 1.29 is 9.90 Å². The van der Waals surface area contributed by atoms with E-state index in [1.54, 1.807) is 0 Å². The van der Waals surface area contributed by atoms with E-state index in [1.165, 1.54) is 11.1 Å². The van der Waals surface area contributed by atoms with Crippen molar-refractivity contribution in [2.45, 2.75) is 33.1 Å². The van der Waals surface area contributed by atoms with E-state index in [9.17, 15) is 9.90 Å². The van der Waals surface area contributed by atoms with Crippen molar-refractivity contribution >= 4 is 5.97 Å². The first-order chi connectivity index (χ1) is 7.50. The van der Waals surface area contributed by atoms with Crippen LogP contribution in [-0.2, 0) is 11.2 Å². The Bertz CT molecular complexity index is 420. The van der Waals surface area contributed by atoms with E-state index in [0.29, 0.717) is 0 Å². The molecule has 86 valence electrons. The molecule has 0 radical (unpaired) electrons. The predicted octanol–water partition coefficient (Wildman–Crippen LogP) is 3.07. The fourth-order valence-corrected chi connectivity index (χ4v) is 2.84. The normalized spacial score (nSPS) is 26.4. The highest BCUT2D eigenvalue weighted by Gasteiger charge is 2.62. The summed E-state index contributed by atoms with van der Waals surface area (Å²) in [5, 5.41) is 9.18. The average molecular weight is 218 g/mol. The van der Waals surface area contributed by atoms with Crippen molar-refractivity contribution in [2.75, 3.05) is 0 Å². The first-order valence-electron chi connectivity index (χ1n) is 5.80. The third-order valence-corrected chi connectivity index (χ3v) is 3.86. The van der Waals surface area contributed by atoms with E-state index in [1.807, 2.05) is 26.0 Å². The highest BCUT2D eigenvalue weighted by molar-refractivity contribution is 5.77. The molecule has 1 N–H and O–H groups in total. The maximum absolute atomic E-state index is 11.2. The largest absolute Gasteiger partial charge is 0.481 e. The predicted molar refractivity (Wildman–Crippen MR) is 63.5 cm³/mol. The molecule has 0 saturated heterocycles. The summed E-state index contributed by atoms with van der Waals surface area (Å²) in [6, 6.07) is 8.20. The molecule has 0 bridgehead atoms. The van der Waals surface area contributed by atoms with Crippen LogP contribution in [0.25, 0.3) is 0 Å². The highest BCUT2D eigenvalue weighted by Crippen LogP contribution is 2.64. The van der Waals surface area contributed by atoms with E-state index in [4.69, 9.17) is 0 Å². The molecule has 2 nitrogen and oxygen atoms in total. The first kappa shape index (κ1) is 11.2. The number of hydrogen-bond acceptors (Lipinski definition) is 1. The summed E-state index contributed by atoms with van der Waals surface area (Å²) in [4.78, 5) is 11.2. The summed E-state index contributed by atoms with van der Waals surface area (Å²) < 4.78 is 0. The molecule has 1 aromatic rings. The summed E-state index contributed by atoms with van der Waals surface area (Å²) in [6.07, 6.45) is 0.967. The van der Waals surface area contributed by atoms with Crippen LogP contribution in [0.5, 0.6) is 0 Å². The van der Waals surface area contributed by atoms with Crippen molar-refractivity contribution in [1.82, 2.24) is 0 Å². The van der Waals surface area contributed by atoms with Crippen LogP contribution in [0.3, 0.4) is 0 Å². The number of carboxylic acids is 1. The van der Waals surface area contributed by atoms with Gasteiger partial charge in [-0.2, -0.15) is 0 Å². The lowest BCUT2D eigenvalue weighted by atomic mass is 9.97. The van der Waals surface area contributed by atoms with Gasteiger partial charge < -0.3 is 5.11 Å². The Morgan fingerprint density at radius 1 is 1.38 bits per heavy atom. The number of aryl methyl sites for hydroxylation is 1. The maximum atomic E-state index is 11.2. The summed E-state index contributed by atoms with van der Waals surface area (Å²) in [7, 11) is 0. The van der Waals surface area contributed by atoms with Crippen LogP contribution in [0.1, 0.15) is 37.8 Å². The zero-order chi connectivity index (χ0) is 11.9. The van der Waals surface area contributed by atoms with Crippen molar-refractivity contribution in [3.05, 3.63) is 35.4 Å². The second-order valence-corrected chi connectivity index (χ2v) is 5.17. The molecule has 0 spiro atoms. The Hall–Kier alpha value is -1.31. The van der Waals surface area contributed by atoms with E-state index < -0.39 is 5.97 Å². The SMILES string of the molecule is CCc1ccccc1[C@@H]1[C@@H](C(=O)O)C1(C)C. The fourth-order valence-electron chi connectivity index (χ4n) is 2.84. The summed E-state index contributed by atoms with van der Waals surface area (Å²) >= 11 is 0. The van der Waals surface area contributed by atoms with Crippen LogP contribution in [0.15, 0.2) is 24.3 Å². The van der Waals surface area contributed by atoms with Gasteiger partial charge in [0.25, 0.3) is 0 Å². The second kappa shape index (κ2) is 3.62. The summed E-state index contributed by atoms with van der Waals surface area (Å²) in [6.45, 7) is 6.20. The number of hydrogen-bond donors (Lipinski definition) is 1. The lowest BCUT2D eigenvalue weighted by molar-refractivity contribution is -0.139. The Balaban J connectivity index is 2.37. The molecular weight excluding hydrogens is 200 g/mol. The van der Waals surface area contributed by atoms with Gasteiger partial charge in [-0.15, -0.1) is 0 Å². The fraction of sp³-hybridized carbons (Fsp3) is 0.500. The van der Waals surface area contributed by atoms with E-state index in [-0.39, 0.29) is 17.3 Å². The van der Waals surface area contributed by atoms with Crippen LogP contribution >= 0.6 is 0 Å². The molecule has 2 heteroatoms. The highest BCUT2D eigenvalue weighted by atomic mass is 16.4. The molecule has 1 fully saturated rings. The standard InChI is InChI=1S/C14H18O2/c1-4-9-7-5-6-8-10(9)11-12(13(15)16)14(11,2)3/h5-8,11-12H,4H2,1-3H3,(H,15,16)/t11-,12+/m1/s1. The van der Waals surface area contributed by atoms with Crippen molar-refractivity contribution in [3.63, 3.8) is 0 Å². The number of rotatable bonds is 3. The van der Waals surface area contributed by atoms with Crippen LogP contribution in [0.2, 0.25) is 0 Å². The Morgan fingerprint density at radius 2 is 2.00 bits per heavy atom. The van der Waals surface area contributed by atoms with Gasteiger partial charge in [0.15, 0.2) is 0 Å². The number of carboxylic acid groups (broad SMARTS) is 1. The Labute approximate surface area is 96.3 Å². The van der Waals surface area contributed by atoms with E-state index in [2.05, 4.69) is 19.1 Å². The lowest BCUT2D eigenvalue weighted by Gasteiger charge is -2.08. The monoisotopic (exact) mass is 218 g/mol. The van der Waals surface area contributed by atoms with Crippen molar-refractivity contribution in [2.24, 2.45) is 11.3 Å². The van der Waals surface area contributed by atoms with Gasteiger partial charge in [0.1, 0.15) is 0 Å². The van der Waals surface area contributed by atoms with Crippen LogP contribution in [0.4, 0.5) is 0 Å². The van der Waals surface area contributed by atoms with Gasteiger partial charge in [-0.3, -0.25) is 4.79 Å². The minimum Gasteiger partial charge on any atom is -0.481 e. The minimum absolute atomic E-state index is 0.100. The molecule has 0 heterocycles. The van der Waals surface area contributed by atoms with Gasteiger partial charge in [-0.05, 0) is 23.0 Å². The molecule has 0 aliphatic heterocycles. The number of benzene rings is 1. The summed E-state index contributed by atoms with van der Waals surface area (Å²) in [5.74, 6) is -0.706. The molecule has 1 aliphatic carbocycles. The van der Waals surface area contributed by atoms with Gasteiger partial charge >= 0.3 is 5.97 Å². The van der Waals surface area contributed by atoms with Crippen molar-refractivity contribution in [1.29, 1.82) is 0 Å². The molecule has 0 aromatic heterocycles. The van der Waals surface area contributed by atoms with Crippen LogP contribution in [0, 0.1) is 11.3 Å². The van der Waals surface area contributed by atoms with E-state index in [0.717, 1.165) is 6.42 Å². The molecule has 1 aliphatic rings. The molecule has 2 atom stereocenters. The third kappa shape index (κ3) is 1.53. The number of aliphatic carboxylic acids is 1. The molecule has 16 heavy (non-hydrogen) atoms. The maximum Gasteiger partial charge on any atom is 0.307 e. The van der Waals surface area contributed by atoms with Gasteiger partial charge in [-0.25, -0.2) is 0 Å². The number of carbonyl (C=O) groups is 1. The van der Waals surface area contributed by atoms with Gasteiger partial charge in [-0.1, -0.05) is 45.0 Å². The zero-order valence-corrected chi connectivity index (χ0v) is 10.0. The van der Waals surface area contributed by atoms with Gasteiger partial charge in [0.2, 0.25) is 0 Å². The Kier molecular flexibility index (Phi) is 2.53. The molecular formula is C14H18O2. The summed E-state index contributed by atoms with van der Waals surface area (Å²) in [5.41, 5.74) is 2.41. The average Bonchev–Trinajstić information content (AvgIpc) is 2.81. The minimum atomic E-state index is -0.666. The third-order valence-electron chi connectivity index (χ3n) is 3.86. The van der Waals surface area contributed by atoms with Crippen molar-refractivity contribution in [3.8, 4) is 0 Å². The smallest absolute Gasteiger partial charge is 0.307 e. The molecule has 0 unspecified atom stereocenters. The lowest BCUT2D eigenvalue weighted by Crippen LogP contribution is -2.03.